The maximum absolute atomic E-state index is 11.0. The number of hydrogen-bond donors (Lipinski definition) is 3. The fraction of sp³-hybridized carbons (Fsp3) is 0.750. The number of nitrogens with one attached hydrogen (secondary N) is 2. The zero-order valence-corrected chi connectivity index (χ0v) is 7.59. The Morgan fingerprint density at radius 3 is 2.38 bits per heavy atom. The average molecular weight is 186 g/mol. The van der Waals surface area contributed by atoms with Gasteiger partial charge in [0, 0.05) is 19.0 Å². The number of rotatable bonds is 3. The summed E-state index contributed by atoms with van der Waals surface area (Å²) in [6, 6.07) is 0. The lowest BCUT2D eigenvalue weighted by atomic mass is 10.1. The molecule has 0 aromatic carbocycles. The third-order valence-electron chi connectivity index (χ3n) is 2.35. The van der Waals surface area contributed by atoms with Crippen LogP contribution in [0.2, 0.25) is 0 Å². The van der Waals surface area contributed by atoms with Gasteiger partial charge in [-0.25, -0.2) is 0 Å². The summed E-state index contributed by atoms with van der Waals surface area (Å²) < 4.78 is 0. The lowest BCUT2D eigenvalue weighted by Crippen LogP contribution is -2.41. The molecule has 0 aromatic rings. The second kappa shape index (κ2) is 3.74. The highest BCUT2D eigenvalue weighted by Crippen LogP contribution is 2.44. The van der Waals surface area contributed by atoms with E-state index in [1.54, 1.807) is 0 Å². The number of amides is 2. The zero-order chi connectivity index (χ0) is 9.90. The molecule has 0 spiro atoms. The fourth-order valence-electron chi connectivity index (χ4n) is 1.03. The van der Waals surface area contributed by atoms with Crippen molar-refractivity contribution in [2.75, 3.05) is 20.2 Å². The van der Waals surface area contributed by atoms with E-state index < -0.39 is 11.8 Å². The molecule has 1 saturated carbocycles. The summed E-state index contributed by atoms with van der Waals surface area (Å²) in [5.74, 6) is -1.28. The van der Waals surface area contributed by atoms with Crippen LogP contribution in [-0.4, -0.2) is 37.1 Å². The van der Waals surface area contributed by atoms with Crippen molar-refractivity contribution >= 4 is 11.8 Å². The summed E-state index contributed by atoms with van der Waals surface area (Å²) in [6.07, 6.45) is 1.83. The molecule has 1 rings (SSSR count). The van der Waals surface area contributed by atoms with Crippen LogP contribution in [0, 0.1) is 5.41 Å². The third kappa shape index (κ3) is 2.42. The molecule has 0 heterocycles. The minimum absolute atomic E-state index is 0.0705. The van der Waals surface area contributed by atoms with Crippen LogP contribution in [0.3, 0.4) is 0 Å². The standard InChI is InChI=1S/C8H14N2O3/c1-9-6(12)7(13)10-4-8(5-11)2-3-8/h11H,2-5H2,1H3,(H,9,12)(H,10,13). The molecule has 2 amide bonds. The van der Waals surface area contributed by atoms with E-state index in [9.17, 15) is 9.59 Å². The topological polar surface area (TPSA) is 78.4 Å². The summed E-state index contributed by atoms with van der Waals surface area (Å²) in [5.41, 5.74) is -0.149. The van der Waals surface area contributed by atoms with E-state index in [4.69, 9.17) is 5.11 Å². The highest BCUT2D eigenvalue weighted by Gasteiger charge is 2.42. The Balaban J connectivity index is 2.26. The van der Waals surface area contributed by atoms with E-state index in [2.05, 4.69) is 10.6 Å². The van der Waals surface area contributed by atoms with Gasteiger partial charge in [0.15, 0.2) is 0 Å². The lowest BCUT2D eigenvalue weighted by Gasteiger charge is -2.11. The smallest absolute Gasteiger partial charge is 0.309 e. The molecule has 5 nitrogen and oxygen atoms in total. The van der Waals surface area contributed by atoms with Gasteiger partial charge >= 0.3 is 11.8 Å². The summed E-state index contributed by atoms with van der Waals surface area (Å²) >= 11 is 0. The molecule has 5 heteroatoms. The molecule has 0 bridgehead atoms. The largest absolute Gasteiger partial charge is 0.396 e. The quantitative estimate of drug-likeness (QED) is 0.475. The Hall–Kier alpha value is -1.10. The maximum Gasteiger partial charge on any atom is 0.309 e. The Morgan fingerprint density at radius 2 is 2.00 bits per heavy atom. The molecule has 1 fully saturated rings. The number of carbonyl (C=O) groups is 2. The van der Waals surface area contributed by atoms with Crippen LogP contribution in [0.15, 0.2) is 0 Å². The van der Waals surface area contributed by atoms with Crippen molar-refractivity contribution < 1.29 is 14.7 Å². The Labute approximate surface area is 76.5 Å². The van der Waals surface area contributed by atoms with Gasteiger partial charge in [0.25, 0.3) is 0 Å². The molecule has 13 heavy (non-hydrogen) atoms. The van der Waals surface area contributed by atoms with Crippen LogP contribution in [0.5, 0.6) is 0 Å². The van der Waals surface area contributed by atoms with Crippen molar-refractivity contribution in [2.45, 2.75) is 12.8 Å². The molecule has 0 aliphatic heterocycles. The molecule has 0 atom stereocenters. The van der Waals surface area contributed by atoms with Gasteiger partial charge in [-0.15, -0.1) is 0 Å². The van der Waals surface area contributed by atoms with Crippen molar-refractivity contribution in [3.05, 3.63) is 0 Å². The first kappa shape index (κ1) is 9.98. The zero-order valence-electron chi connectivity index (χ0n) is 7.59. The number of carbonyl (C=O) groups excluding carboxylic acids is 2. The first-order chi connectivity index (χ1) is 6.13. The van der Waals surface area contributed by atoms with Gasteiger partial charge in [0.2, 0.25) is 0 Å². The van der Waals surface area contributed by atoms with Crippen molar-refractivity contribution in [1.82, 2.24) is 10.6 Å². The number of aliphatic hydroxyl groups is 1. The average Bonchev–Trinajstić information content (AvgIpc) is 2.93. The normalized spacial score (nSPS) is 17.7. The van der Waals surface area contributed by atoms with E-state index in [1.807, 2.05) is 0 Å². The lowest BCUT2D eigenvalue weighted by molar-refractivity contribution is -0.139. The SMILES string of the molecule is CNC(=O)C(=O)NCC1(CO)CC1. The molecule has 3 N–H and O–H groups in total. The minimum Gasteiger partial charge on any atom is -0.396 e. The van der Waals surface area contributed by atoms with Gasteiger partial charge in [-0.2, -0.15) is 0 Å². The highest BCUT2D eigenvalue weighted by molar-refractivity contribution is 6.35. The van der Waals surface area contributed by atoms with Gasteiger partial charge in [-0.05, 0) is 12.8 Å². The fourth-order valence-corrected chi connectivity index (χ4v) is 1.03. The van der Waals surface area contributed by atoms with Gasteiger partial charge in [-0.1, -0.05) is 0 Å². The van der Waals surface area contributed by atoms with Crippen molar-refractivity contribution in [3.8, 4) is 0 Å². The summed E-state index contributed by atoms with van der Waals surface area (Å²) in [4.78, 5) is 21.7. The van der Waals surface area contributed by atoms with Crippen LogP contribution in [0.25, 0.3) is 0 Å². The second-order valence-corrected chi connectivity index (χ2v) is 3.42. The van der Waals surface area contributed by atoms with Crippen molar-refractivity contribution in [2.24, 2.45) is 5.41 Å². The first-order valence-corrected chi connectivity index (χ1v) is 4.24. The molecule has 74 valence electrons. The predicted octanol–water partition coefficient (Wildman–Crippen LogP) is -1.38. The van der Waals surface area contributed by atoms with Gasteiger partial charge in [0.05, 0.1) is 6.61 Å². The molecular weight excluding hydrogens is 172 g/mol. The summed E-state index contributed by atoms with van der Waals surface area (Å²) in [6.45, 7) is 0.455. The van der Waals surface area contributed by atoms with E-state index in [1.165, 1.54) is 7.05 Å². The highest BCUT2D eigenvalue weighted by atomic mass is 16.3. The number of likely N-dealkylation sites (N-methyl/N-ethyl adjacent to an activating group) is 1. The molecule has 0 saturated heterocycles. The molecule has 0 unspecified atom stereocenters. The first-order valence-electron chi connectivity index (χ1n) is 4.24. The van der Waals surface area contributed by atoms with E-state index in [0.717, 1.165) is 12.8 Å². The molecular formula is C8H14N2O3. The van der Waals surface area contributed by atoms with Gasteiger partial charge in [-0.3, -0.25) is 9.59 Å². The third-order valence-corrected chi connectivity index (χ3v) is 2.35. The molecule has 1 aliphatic rings. The maximum atomic E-state index is 11.0. The predicted molar refractivity (Wildman–Crippen MR) is 45.8 cm³/mol. The van der Waals surface area contributed by atoms with E-state index in [-0.39, 0.29) is 12.0 Å². The van der Waals surface area contributed by atoms with Crippen molar-refractivity contribution in [3.63, 3.8) is 0 Å². The van der Waals surface area contributed by atoms with Crippen LogP contribution in [0.4, 0.5) is 0 Å². The second-order valence-electron chi connectivity index (χ2n) is 3.42. The van der Waals surface area contributed by atoms with Crippen LogP contribution >= 0.6 is 0 Å². The van der Waals surface area contributed by atoms with E-state index in [0.29, 0.717) is 6.54 Å². The van der Waals surface area contributed by atoms with Crippen LogP contribution in [-0.2, 0) is 9.59 Å². The van der Waals surface area contributed by atoms with E-state index >= 15 is 0 Å². The van der Waals surface area contributed by atoms with Gasteiger partial charge < -0.3 is 15.7 Å². The van der Waals surface area contributed by atoms with Crippen molar-refractivity contribution in [1.29, 1.82) is 0 Å². The monoisotopic (exact) mass is 186 g/mol. The molecule has 0 radical (unpaired) electrons. The molecule has 0 aromatic heterocycles. The summed E-state index contributed by atoms with van der Waals surface area (Å²) in [5, 5.41) is 13.6. The Morgan fingerprint density at radius 1 is 1.38 bits per heavy atom. The van der Waals surface area contributed by atoms with Gasteiger partial charge in [0.1, 0.15) is 0 Å². The minimum atomic E-state index is -0.645. The Kier molecular flexibility index (Phi) is 2.87. The van der Waals surface area contributed by atoms with Crippen LogP contribution in [0.1, 0.15) is 12.8 Å². The summed E-state index contributed by atoms with van der Waals surface area (Å²) in [7, 11) is 1.40. The Bertz CT molecular complexity index is 223. The number of aliphatic hydroxyl groups excluding tert-OH is 1. The van der Waals surface area contributed by atoms with Crippen LogP contribution < -0.4 is 10.6 Å². The number of hydrogen-bond acceptors (Lipinski definition) is 3. The molecule has 1 aliphatic carbocycles.